The van der Waals surface area contributed by atoms with Gasteiger partial charge in [-0.05, 0) is 18.8 Å². The molecule has 0 amide bonds. The van der Waals surface area contributed by atoms with Gasteiger partial charge in [-0.2, -0.15) is 0 Å². The highest BCUT2D eigenvalue weighted by Crippen LogP contribution is 2.15. The summed E-state index contributed by atoms with van der Waals surface area (Å²) in [5, 5.41) is 0. The number of hydrogen-bond acceptors (Lipinski definition) is 2. The molecule has 2 N–H and O–H groups in total. The SMILES string of the molecule is C=C(CC)CC(N)C(OC)C(C)C. The van der Waals surface area contributed by atoms with Crippen LogP contribution in [0.4, 0.5) is 0 Å². The monoisotopic (exact) mass is 185 g/mol. The van der Waals surface area contributed by atoms with Crippen molar-refractivity contribution in [2.75, 3.05) is 7.11 Å². The van der Waals surface area contributed by atoms with E-state index in [-0.39, 0.29) is 12.1 Å². The van der Waals surface area contributed by atoms with Crippen LogP contribution in [0.5, 0.6) is 0 Å². The van der Waals surface area contributed by atoms with Crippen molar-refractivity contribution < 1.29 is 4.74 Å². The van der Waals surface area contributed by atoms with Crippen LogP contribution in [0, 0.1) is 5.92 Å². The van der Waals surface area contributed by atoms with Crippen LogP contribution < -0.4 is 5.73 Å². The Morgan fingerprint density at radius 1 is 1.46 bits per heavy atom. The molecule has 0 aromatic carbocycles. The van der Waals surface area contributed by atoms with E-state index in [1.54, 1.807) is 7.11 Å². The fourth-order valence-corrected chi connectivity index (χ4v) is 1.54. The summed E-state index contributed by atoms with van der Waals surface area (Å²) in [5.41, 5.74) is 7.22. The molecule has 0 bridgehead atoms. The van der Waals surface area contributed by atoms with Crippen LogP contribution in [0.15, 0.2) is 12.2 Å². The van der Waals surface area contributed by atoms with Crippen LogP contribution in [0.2, 0.25) is 0 Å². The molecule has 0 aliphatic heterocycles. The fraction of sp³-hybridized carbons (Fsp3) is 0.818. The van der Waals surface area contributed by atoms with Crippen LogP contribution >= 0.6 is 0 Å². The third-order valence-electron chi connectivity index (χ3n) is 2.38. The second kappa shape index (κ2) is 6.17. The Bertz CT molecular complexity index is 154. The van der Waals surface area contributed by atoms with Crippen molar-refractivity contribution >= 4 is 0 Å². The molecule has 2 atom stereocenters. The molecule has 2 heteroatoms. The van der Waals surface area contributed by atoms with Crippen molar-refractivity contribution in [2.24, 2.45) is 11.7 Å². The predicted octanol–water partition coefficient (Wildman–Crippen LogP) is 2.34. The topological polar surface area (TPSA) is 35.2 Å². The second-order valence-corrected chi connectivity index (χ2v) is 3.92. The molecule has 0 heterocycles. The van der Waals surface area contributed by atoms with Crippen LogP contribution in [-0.2, 0) is 4.74 Å². The molecule has 0 radical (unpaired) electrons. The van der Waals surface area contributed by atoms with Crippen molar-refractivity contribution in [3.8, 4) is 0 Å². The highest BCUT2D eigenvalue weighted by molar-refractivity contribution is 4.98. The highest BCUT2D eigenvalue weighted by atomic mass is 16.5. The minimum absolute atomic E-state index is 0.0810. The molecule has 0 saturated heterocycles. The predicted molar refractivity (Wildman–Crippen MR) is 57.7 cm³/mol. The molecular formula is C11H23NO. The summed E-state index contributed by atoms with van der Waals surface area (Å²) < 4.78 is 5.35. The van der Waals surface area contributed by atoms with Crippen LogP contribution in [0.25, 0.3) is 0 Å². The van der Waals surface area contributed by atoms with Gasteiger partial charge in [0.15, 0.2) is 0 Å². The van der Waals surface area contributed by atoms with E-state index in [9.17, 15) is 0 Å². The second-order valence-electron chi connectivity index (χ2n) is 3.92. The van der Waals surface area contributed by atoms with E-state index in [1.165, 1.54) is 5.57 Å². The van der Waals surface area contributed by atoms with E-state index in [0.717, 1.165) is 12.8 Å². The zero-order valence-corrected chi connectivity index (χ0v) is 9.34. The average molecular weight is 185 g/mol. The van der Waals surface area contributed by atoms with E-state index < -0.39 is 0 Å². The van der Waals surface area contributed by atoms with Gasteiger partial charge in [-0.25, -0.2) is 0 Å². The minimum Gasteiger partial charge on any atom is -0.380 e. The lowest BCUT2D eigenvalue weighted by Crippen LogP contribution is -2.39. The summed E-state index contributed by atoms with van der Waals surface area (Å²) in [7, 11) is 1.72. The summed E-state index contributed by atoms with van der Waals surface area (Å²) in [4.78, 5) is 0. The Morgan fingerprint density at radius 2 is 2.00 bits per heavy atom. The maximum absolute atomic E-state index is 6.02. The minimum atomic E-state index is 0.0810. The number of hydrogen-bond donors (Lipinski definition) is 1. The summed E-state index contributed by atoms with van der Waals surface area (Å²) in [5.74, 6) is 0.463. The third kappa shape index (κ3) is 4.44. The number of ether oxygens (including phenoxy) is 1. The Balaban J connectivity index is 4.05. The Labute approximate surface area is 82.2 Å². The number of rotatable bonds is 6. The van der Waals surface area contributed by atoms with Gasteiger partial charge < -0.3 is 10.5 Å². The molecule has 0 rings (SSSR count). The summed E-state index contributed by atoms with van der Waals surface area (Å²) in [6.45, 7) is 10.3. The van der Waals surface area contributed by atoms with Crippen molar-refractivity contribution in [2.45, 2.75) is 45.8 Å². The first kappa shape index (κ1) is 12.7. The molecule has 78 valence electrons. The molecule has 0 spiro atoms. The van der Waals surface area contributed by atoms with Gasteiger partial charge in [0.1, 0.15) is 0 Å². The normalized spacial score (nSPS) is 15.8. The van der Waals surface area contributed by atoms with E-state index in [4.69, 9.17) is 10.5 Å². The van der Waals surface area contributed by atoms with Gasteiger partial charge in [0, 0.05) is 13.2 Å². The van der Waals surface area contributed by atoms with Crippen molar-refractivity contribution in [1.29, 1.82) is 0 Å². The molecule has 13 heavy (non-hydrogen) atoms. The average Bonchev–Trinajstić information content (AvgIpc) is 2.04. The lowest BCUT2D eigenvalue weighted by atomic mass is 9.94. The zero-order valence-electron chi connectivity index (χ0n) is 9.34. The molecule has 0 aliphatic rings. The molecule has 0 aliphatic carbocycles. The van der Waals surface area contributed by atoms with Crippen LogP contribution in [0.3, 0.4) is 0 Å². The molecule has 0 aromatic rings. The molecule has 2 unspecified atom stereocenters. The Morgan fingerprint density at radius 3 is 2.31 bits per heavy atom. The standard InChI is InChI=1S/C11H23NO/c1-6-9(4)7-10(12)11(13-5)8(2)3/h8,10-11H,4,6-7,12H2,1-3,5H3. The van der Waals surface area contributed by atoms with Gasteiger partial charge >= 0.3 is 0 Å². The summed E-state index contributed by atoms with van der Waals surface area (Å²) >= 11 is 0. The lowest BCUT2D eigenvalue weighted by molar-refractivity contribution is 0.0440. The summed E-state index contributed by atoms with van der Waals surface area (Å²) in [6.07, 6.45) is 2.01. The first-order chi connectivity index (χ1) is 6.02. The molecule has 0 fully saturated rings. The van der Waals surface area contributed by atoms with Gasteiger partial charge in [0.25, 0.3) is 0 Å². The molecular weight excluding hydrogens is 162 g/mol. The van der Waals surface area contributed by atoms with Crippen molar-refractivity contribution in [3.05, 3.63) is 12.2 Å². The van der Waals surface area contributed by atoms with Gasteiger partial charge in [-0.3, -0.25) is 0 Å². The van der Waals surface area contributed by atoms with Crippen molar-refractivity contribution in [3.63, 3.8) is 0 Å². The third-order valence-corrected chi connectivity index (χ3v) is 2.38. The van der Waals surface area contributed by atoms with Gasteiger partial charge in [0.2, 0.25) is 0 Å². The summed E-state index contributed by atoms with van der Waals surface area (Å²) in [6, 6.07) is 0.0810. The fourth-order valence-electron chi connectivity index (χ4n) is 1.54. The largest absolute Gasteiger partial charge is 0.380 e. The number of nitrogens with two attached hydrogens (primary N) is 1. The highest BCUT2D eigenvalue weighted by Gasteiger charge is 2.20. The maximum atomic E-state index is 6.02. The van der Waals surface area contributed by atoms with Gasteiger partial charge in [-0.1, -0.05) is 32.9 Å². The Hall–Kier alpha value is -0.340. The number of methoxy groups -OCH3 is 1. The molecule has 2 nitrogen and oxygen atoms in total. The van der Waals surface area contributed by atoms with Crippen LogP contribution in [-0.4, -0.2) is 19.3 Å². The Kier molecular flexibility index (Phi) is 6.00. The van der Waals surface area contributed by atoms with Gasteiger partial charge in [-0.15, -0.1) is 0 Å². The van der Waals surface area contributed by atoms with E-state index in [0.29, 0.717) is 5.92 Å². The molecule has 0 aromatic heterocycles. The first-order valence-corrected chi connectivity index (χ1v) is 4.97. The first-order valence-electron chi connectivity index (χ1n) is 4.97. The maximum Gasteiger partial charge on any atom is 0.0748 e. The zero-order chi connectivity index (χ0) is 10.4. The molecule has 0 saturated carbocycles. The lowest BCUT2D eigenvalue weighted by Gasteiger charge is -2.26. The van der Waals surface area contributed by atoms with Gasteiger partial charge in [0.05, 0.1) is 6.10 Å². The van der Waals surface area contributed by atoms with Crippen molar-refractivity contribution in [1.82, 2.24) is 0 Å². The van der Waals surface area contributed by atoms with Crippen LogP contribution in [0.1, 0.15) is 33.6 Å². The van der Waals surface area contributed by atoms with E-state index in [2.05, 4.69) is 27.4 Å². The smallest absolute Gasteiger partial charge is 0.0748 e. The van der Waals surface area contributed by atoms with E-state index in [1.807, 2.05) is 0 Å². The van der Waals surface area contributed by atoms with E-state index >= 15 is 0 Å². The quantitative estimate of drug-likeness (QED) is 0.645.